The van der Waals surface area contributed by atoms with Gasteiger partial charge < -0.3 is 14.8 Å². The van der Waals surface area contributed by atoms with E-state index < -0.39 is 0 Å². The Morgan fingerprint density at radius 2 is 1.95 bits per heavy atom. The van der Waals surface area contributed by atoms with Crippen LogP contribution in [-0.2, 0) is 20.1 Å². The highest BCUT2D eigenvalue weighted by atomic mass is 15.3. The molecule has 0 radical (unpaired) electrons. The highest BCUT2D eigenvalue weighted by molar-refractivity contribution is 5.32. The van der Waals surface area contributed by atoms with Crippen LogP contribution in [0.1, 0.15) is 16.8 Å². The van der Waals surface area contributed by atoms with Gasteiger partial charge in [0.15, 0.2) is 0 Å². The monoisotopic (exact) mass is 269 g/mol. The van der Waals surface area contributed by atoms with Crippen molar-refractivity contribution in [1.82, 2.24) is 14.9 Å². The highest BCUT2D eigenvalue weighted by Crippen LogP contribution is 2.11. The quantitative estimate of drug-likeness (QED) is 0.896. The summed E-state index contributed by atoms with van der Waals surface area (Å²) in [5, 5.41) is 12.1. The second-order valence-electron chi connectivity index (χ2n) is 4.92. The first-order valence-corrected chi connectivity index (χ1v) is 6.49. The fraction of sp³-hybridized carbons (Fsp3) is 0.333. The minimum atomic E-state index is 0.691. The van der Waals surface area contributed by atoms with Crippen LogP contribution in [0.15, 0.2) is 30.5 Å². The summed E-state index contributed by atoms with van der Waals surface area (Å²) in [6.07, 6.45) is 1.89. The van der Waals surface area contributed by atoms with Crippen LogP contribution in [0.5, 0.6) is 0 Å². The average Bonchev–Trinajstić information content (AvgIpc) is 2.81. The Hall–Kier alpha value is -2.32. The molecule has 0 saturated carbocycles. The first-order valence-electron chi connectivity index (χ1n) is 6.49. The predicted octanol–water partition coefficient (Wildman–Crippen LogP) is 1.65. The van der Waals surface area contributed by atoms with Crippen molar-refractivity contribution >= 4 is 5.95 Å². The zero-order valence-corrected chi connectivity index (χ0v) is 12.1. The van der Waals surface area contributed by atoms with Gasteiger partial charge in [0.25, 0.3) is 0 Å². The van der Waals surface area contributed by atoms with Crippen molar-refractivity contribution in [2.75, 3.05) is 19.0 Å². The Balaban J connectivity index is 1.91. The maximum Gasteiger partial charge on any atom is 0.204 e. The largest absolute Gasteiger partial charge is 0.348 e. The van der Waals surface area contributed by atoms with Crippen molar-refractivity contribution in [1.29, 1.82) is 5.26 Å². The van der Waals surface area contributed by atoms with E-state index in [0.29, 0.717) is 5.56 Å². The fourth-order valence-electron chi connectivity index (χ4n) is 2.05. The summed E-state index contributed by atoms with van der Waals surface area (Å²) >= 11 is 0. The normalized spacial score (nSPS) is 10.3. The maximum atomic E-state index is 8.75. The zero-order chi connectivity index (χ0) is 14.5. The molecule has 0 aliphatic heterocycles. The molecule has 0 spiro atoms. The molecular weight excluding hydrogens is 250 g/mol. The van der Waals surface area contributed by atoms with Crippen molar-refractivity contribution in [2.24, 2.45) is 7.05 Å². The summed E-state index contributed by atoms with van der Waals surface area (Å²) in [4.78, 5) is 6.37. The predicted molar refractivity (Wildman–Crippen MR) is 79.2 cm³/mol. The van der Waals surface area contributed by atoms with Crippen LogP contribution in [0.25, 0.3) is 0 Å². The van der Waals surface area contributed by atoms with Gasteiger partial charge in [-0.1, -0.05) is 12.1 Å². The summed E-state index contributed by atoms with van der Waals surface area (Å²) in [5.41, 5.74) is 3.00. The van der Waals surface area contributed by atoms with E-state index in [0.717, 1.165) is 24.7 Å². The number of nitriles is 1. The van der Waals surface area contributed by atoms with E-state index in [-0.39, 0.29) is 0 Å². The van der Waals surface area contributed by atoms with Crippen LogP contribution >= 0.6 is 0 Å². The number of hydrogen-bond donors (Lipinski definition) is 1. The second kappa shape index (κ2) is 6.22. The molecule has 20 heavy (non-hydrogen) atoms. The molecule has 5 heteroatoms. The van der Waals surface area contributed by atoms with Crippen molar-refractivity contribution < 1.29 is 0 Å². The molecule has 1 heterocycles. The molecule has 0 aliphatic carbocycles. The standard InChI is InChI=1S/C15H19N5/c1-19(2)15-18-11-14(20(15)3)10-17-9-13-6-4-12(8-16)5-7-13/h4-7,11,17H,9-10H2,1-3H3. The lowest BCUT2D eigenvalue weighted by atomic mass is 10.1. The lowest BCUT2D eigenvalue weighted by Crippen LogP contribution is -2.18. The van der Waals surface area contributed by atoms with Crippen molar-refractivity contribution in [3.8, 4) is 6.07 Å². The molecular formula is C15H19N5. The summed E-state index contributed by atoms with van der Waals surface area (Å²) < 4.78 is 2.08. The van der Waals surface area contributed by atoms with Crippen LogP contribution < -0.4 is 10.2 Å². The molecule has 0 unspecified atom stereocenters. The Morgan fingerprint density at radius 1 is 1.25 bits per heavy atom. The lowest BCUT2D eigenvalue weighted by Gasteiger charge is -2.13. The number of hydrogen-bond acceptors (Lipinski definition) is 4. The molecule has 0 aliphatic rings. The first kappa shape index (κ1) is 14.1. The molecule has 5 nitrogen and oxygen atoms in total. The zero-order valence-electron chi connectivity index (χ0n) is 12.1. The molecule has 0 atom stereocenters. The van der Waals surface area contributed by atoms with E-state index in [1.54, 1.807) is 0 Å². The smallest absolute Gasteiger partial charge is 0.204 e. The molecule has 2 aromatic rings. The average molecular weight is 269 g/mol. The van der Waals surface area contributed by atoms with Gasteiger partial charge in [-0.3, -0.25) is 0 Å². The Bertz CT molecular complexity index is 604. The number of nitrogens with zero attached hydrogens (tertiary/aromatic N) is 4. The molecule has 1 N–H and O–H groups in total. The number of rotatable bonds is 5. The van der Waals surface area contributed by atoms with Crippen LogP contribution in [0.4, 0.5) is 5.95 Å². The summed E-state index contributed by atoms with van der Waals surface area (Å²) in [6.45, 7) is 1.53. The van der Waals surface area contributed by atoms with Gasteiger partial charge in [0.2, 0.25) is 5.95 Å². The third-order valence-electron chi connectivity index (χ3n) is 3.18. The van der Waals surface area contributed by atoms with Crippen LogP contribution in [0.2, 0.25) is 0 Å². The highest BCUT2D eigenvalue weighted by Gasteiger charge is 2.07. The van der Waals surface area contributed by atoms with E-state index in [1.165, 1.54) is 5.56 Å². The number of aromatic nitrogens is 2. The van der Waals surface area contributed by atoms with Crippen molar-refractivity contribution in [3.05, 3.63) is 47.3 Å². The van der Waals surface area contributed by atoms with Gasteiger partial charge in [0, 0.05) is 34.2 Å². The third kappa shape index (κ3) is 3.16. The second-order valence-corrected chi connectivity index (χ2v) is 4.92. The third-order valence-corrected chi connectivity index (χ3v) is 3.18. The van der Waals surface area contributed by atoms with Gasteiger partial charge in [-0.15, -0.1) is 0 Å². The number of benzene rings is 1. The van der Waals surface area contributed by atoms with E-state index in [4.69, 9.17) is 5.26 Å². The topological polar surface area (TPSA) is 56.9 Å². The summed E-state index contributed by atoms with van der Waals surface area (Å²) in [5.74, 6) is 0.945. The summed E-state index contributed by atoms with van der Waals surface area (Å²) in [7, 11) is 5.98. The van der Waals surface area contributed by atoms with E-state index >= 15 is 0 Å². The minimum absolute atomic E-state index is 0.691. The van der Waals surface area contributed by atoms with Crippen LogP contribution in [-0.4, -0.2) is 23.6 Å². The Labute approximate surface area is 119 Å². The Morgan fingerprint density at radius 3 is 2.50 bits per heavy atom. The molecule has 0 bridgehead atoms. The number of imidazole rings is 1. The number of anilines is 1. The molecule has 2 rings (SSSR count). The van der Waals surface area contributed by atoms with Crippen molar-refractivity contribution in [3.63, 3.8) is 0 Å². The van der Waals surface area contributed by atoms with Gasteiger partial charge in [0.05, 0.1) is 23.5 Å². The molecule has 0 saturated heterocycles. The van der Waals surface area contributed by atoms with Gasteiger partial charge in [-0.2, -0.15) is 5.26 Å². The van der Waals surface area contributed by atoms with Gasteiger partial charge in [0.1, 0.15) is 0 Å². The fourth-order valence-corrected chi connectivity index (χ4v) is 2.05. The first-order chi connectivity index (χ1) is 9.61. The van der Waals surface area contributed by atoms with Gasteiger partial charge >= 0.3 is 0 Å². The van der Waals surface area contributed by atoms with E-state index in [9.17, 15) is 0 Å². The van der Waals surface area contributed by atoms with E-state index in [1.807, 2.05) is 56.5 Å². The summed E-state index contributed by atoms with van der Waals surface area (Å²) in [6, 6.07) is 9.74. The molecule has 104 valence electrons. The van der Waals surface area contributed by atoms with Crippen molar-refractivity contribution in [2.45, 2.75) is 13.1 Å². The lowest BCUT2D eigenvalue weighted by molar-refractivity contribution is 0.654. The molecule has 0 fully saturated rings. The SMILES string of the molecule is CN(C)c1ncc(CNCc2ccc(C#N)cc2)n1C. The van der Waals surface area contributed by atoms with Crippen LogP contribution in [0.3, 0.4) is 0 Å². The molecule has 1 aromatic heterocycles. The molecule has 0 amide bonds. The minimum Gasteiger partial charge on any atom is -0.348 e. The van der Waals surface area contributed by atoms with Gasteiger partial charge in [-0.05, 0) is 17.7 Å². The van der Waals surface area contributed by atoms with Crippen LogP contribution in [0, 0.1) is 11.3 Å². The van der Waals surface area contributed by atoms with E-state index in [2.05, 4.69) is 20.9 Å². The maximum absolute atomic E-state index is 8.75. The Kier molecular flexibility index (Phi) is 4.38. The van der Waals surface area contributed by atoms with Gasteiger partial charge in [-0.25, -0.2) is 4.98 Å². The number of nitrogens with one attached hydrogen (secondary N) is 1. The molecule has 1 aromatic carbocycles.